The van der Waals surface area contributed by atoms with Crippen molar-refractivity contribution >= 4 is 40.1 Å². The highest BCUT2D eigenvalue weighted by Gasteiger charge is 2.14. The Morgan fingerprint density at radius 2 is 1.94 bits per heavy atom. The molecule has 0 radical (unpaired) electrons. The quantitative estimate of drug-likeness (QED) is 0.564. The lowest BCUT2D eigenvalue weighted by atomic mass is 10.2. The lowest BCUT2D eigenvalue weighted by Gasteiger charge is -2.19. The molecule has 3 rings (SSSR count). The molecule has 0 spiro atoms. The zero-order valence-electron chi connectivity index (χ0n) is 18.1. The Kier molecular flexibility index (Phi) is 7.12. The second-order valence-electron chi connectivity index (χ2n) is 7.27. The van der Waals surface area contributed by atoms with E-state index in [9.17, 15) is 9.59 Å². The molecule has 0 aliphatic carbocycles. The molecule has 2 amide bonds. The number of carbonyl (C=O) groups excluding carboxylic acids is 2. The molecule has 8 nitrogen and oxygen atoms in total. The third-order valence-corrected chi connectivity index (χ3v) is 5.14. The van der Waals surface area contributed by atoms with Crippen molar-refractivity contribution in [2.45, 2.75) is 33.7 Å². The van der Waals surface area contributed by atoms with E-state index in [0.29, 0.717) is 35.1 Å². The van der Waals surface area contributed by atoms with Crippen LogP contribution < -0.4 is 10.1 Å². The van der Waals surface area contributed by atoms with Gasteiger partial charge in [-0.3, -0.25) is 9.59 Å². The second-order valence-corrected chi connectivity index (χ2v) is 7.68. The zero-order valence-corrected chi connectivity index (χ0v) is 18.8. The van der Waals surface area contributed by atoms with E-state index in [-0.39, 0.29) is 24.5 Å². The summed E-state index contributed by atoms with van der Waals surface area (Å²) in [6.45, 7) is 9.01. The number of anilines is 1. The first-order valence-corrected chi connectivity index (χ1v) is 10.6. The van der Waals surface area contributed by atoms with Gasteiger partial charge in [0.15, 0.2) is 12.3 Å². The number of ether oxygens (including phenoxy) is 1. The number of benzene rings is 1. The third kappa shape index (κ3) is 5.14. The normalized spacial score (nSPS) is 11.0. The first-order chi connectivity index (χ1) is 14.8. The van der Waals surface area contributed by atoms with Crippen LogP contribution in [0.25, 0.3) is 11.0 Å². The van der Waals surface area contributed by atoms with Crippen LogP contribution in [0.15, 0.2) is 36.7 Å². The van der Waals surface area contributed by atoms with Gasteiger partial charge in [0, 0.05) is 36.4 Å². The minimum atomic E-state index is -0.312. The molecule has 0 saturated carbocycles. The maximum atomic E-state index is 12.6. The van der Waals surface area contributed by atoms with Gasteiger partial charge >= 0.3 is 0 Å². The molecule has 3 aromatic rings. The largest absolute Gasteiger partial charge is 0.482 e. The average molecular weight is 444 g/mol. The Morgan fingerprint density at radius 3 is 2.58 bits per heavy atom. The third-order valence-electron chi connectivity index (χ3n) is 4.84. The maximum absolute atomic E-state index is 12.6. The molecular weight excluding hydrogens is 418 g/mol. The monoisotopic (exact) mass is 443 g/mol. The van der Waals surface area contributed by atoms with Crippen LogP contribution in [0.5, 0.6) is 5.75 Å². The predicted octanol–water partition coefficient (Wildman–Crippen LogP) is 4.17. The van der Waals surface area contributed by atoms with Crippen molar-refractivity contribution in [1.29, 1.82) is 0 Å². The summed E-state index contributed by atoms with van der Waals surface area (Å²) in [6.07, 6.45) is 3.22. The van der Waals surface area contributed by atoms with Gasteiger partial charge in [-0.15, -0.1) is 0 Å². The number of likely N-dealkylation sites (N-methyl/N-ethyl adjacent to an activating group) is 1. The molecule has 0 saturated heterocycles. The van der Waals surface area contributed by atoms with E-state index < -0.39 is 0 Å². The van der Waals surface area contributed by atoms with Gasteiger partial charge in [-0.1, -0.05) is 11.6 Å². The maximum Gasteiger partial charge on any atom is 0.260 e. The smallest absolute Gasteiger partial charge is 0.260 e. The number of fused-ring (bicyclic) bond motifs is 1. The number of amides is 2. The van der Waals surface area contributed by atoms with Crippen LogP contribution in [-0.2, 0) is 4.79 Å². The van der Waals surface area contributed by atoms with Crippen LogP contribution in [0, 0.1) is 0 Å². The Hall–Kier alpha value is -3.13. The molecule has 31 heavy (non-hydrogen) atoms. The van der Waals surface area contributed by atoms with Gasteiger partial charge in [-0.05, 0) is 52.0 Å². The fourth-order valence-corrected chi connectivity index (χ4v) is 3.38. The van der Waals surface area contributed by atoms with Crippen LogP contribution in [0.1, 0.15) is 44.1 Å². The molecule has 1 N–H and O–H groups in total. The van der Waals surface area contributed by atoms with Crippen molar-refractivity contribution in [3.05, 3.63) is 47.2 Å². The highest BCUT2D eigenvalue weighted by Crippen LogP contribution is 2.28. The van der Waals surface area contributed by atoms with Crippen LogP contribution in [0.4, 0.5) is 5.69 Å². The highest BCUT2D eigenvalue weighted by atomic mass is 35.5. The van der Waals surface area contributed by atoms with Crippen LogP contribution in [0.3, 0.4) is 0 Å². The van der Waals surface area contributed by atoms with E-state index in [1.54, 1.807) is 40.0 Å². The van der Waals surface area contributed by atoms with Crippen LogP contribution in [-0.4, -0.2) is 51.2 Å². The van der Waals surface area contributed by atoms with Gasteiger partial charge in [-0.25, -0.2) is 9.67 Å². The number of pyridine rings is 1. The first-order valence-electron chi connectivity index (χ1n) is 10.2. The SMILES string of the molecule is CCN(CC)C(=O)COc1ccc(NC(=O)c2cnc3c(cnn3C(C)C)c2)cc1Cl. The number of rotatable bonds is 8. The molecule has 9 heteroatoms. The van der Waals surface area contributed by atoms with E-state index in [2.05, 4.69) is 15.4 Å². The lowest BCUT2D eigenvalue weighted by Crippen LogP contribution is -2.34. The molecule has 0 atom stereocenters. The number of carbonyl (C=O) groups is 2. The minimum absolute atomic E-state index is 0.0944. The van der Waals surface area contributed by atoms with Gasteiger partial charge in [-0.2, -0.15) is 5.10 Å². The lowest BCUT2D eigenvalue weighted by molar-refractivity contribution is -0.132. The van der Waals surface area contributed by atoms with Crippen molar-refractivity contribution in [1.82, 2.24) is 19.7 Å². The number of hydrogen-bond donors (Lipinski definition) is 1. The number of hydrogen-bond acceptors (Lipinski definition) is 5. The highest BCUT2D eigenvalue weighted by molar-refractivity contribution is 6.32. The van der Waals surface area contributed by atoms with Crippen LogP contribution >= 0.6 is 11.6 Å². The topological polar surface area (TPSA) is 89.3 Å². The molecule has 0 aliphatic heterocycles. The summed E-state index contributed by atoms with van der Waals surface area (Å²) in [5, 5.41) is 8.21. The van der Waals surface area contributed by atoms with Gasteiger partial charge in [0.2, 0.25) is 0 Å². The van der Waals surface area contributed by atoms with E-state index in [0.717, 1.165) is 11.0 Å². The summed E-state index contributed by atoms with van der Waals surface area (Å²) in [7, 11) is 0. The fraction of sp³-hybridized carbons (Fsp3) is 0.364. The van der Waals surface area contributed by atoms with Crippen molar-refractivity contribution in [3.8, 4) is 5.75 Å². The molecule has 2 heterocycles. The molecular formula is C22H26ClN5O3. The van der Waals surface area contributed by atoms with Crippen LogP contribution in [0.2, 0.25) is 5.02 Å². The van der Waals surface area contributed by atoms with Gasteiger partial charge < -0.3 is 15.0 Å². The van der Waals surface area contributed by atoms with Crippen molar-refractivity contribution < 1.29 is 14.3 Å². The molecule has 1 aromatic carbocycles. The number of nitrogens with zero attached hydrogens (tertiary/aromatic N) is 4. The Labute approximate surface area is 186 Å². The summed E-state index contributed by atoms with van der Waals surface area (Å²) < 4.78 is 7.35. The zero-order chi connectivity index (χ0) is 22.5. The standard InChI is InChI=1S/C22H26ClN5O3/c1-5-27(6-2)20(29)13-31-19-8-7-17(10-18(19)23)26-22(30)16-9-15-12-25-28(14(3)4)21(15)24-11-16/h7-12,14H,5-6,13H2,1-4H3,(H,26,30). The minimum Gasteiger partial charge on any atom is -0.482 e. The molecule has 164 valence electrons. The van der Waals surface area contributed by atoms with Gasteiger partial charge in [0.1, 0.15) is 5.75 Å². The van der Waals surface area contributed by atoms with Crippen molar-refractivity contribution in [2.24, 2.45) is 0 Å². The second kappa shape index (κ2) is 9.78. The summed E-state index contributed by atoms with van der Waals surface area (Å²) in [4.78, 5) is 30.8. The Morgan fingerprint density at radius 1 is 1.19 bits per heavy atom. The Balaban J connectivity index is 1.67. The molecule has 0 fully saturated rings. The van der Waals surface area contributed by atoms with Gasteiger partial charge in [0.05, 0.1) is 16.8 Å². The van der Waals surface area contributed by atoms with Gasteiger partial charge in [0.25, 0.3) is 11.8 Å². The Bertz CT molecular complexity index is 1090. The number of aromatic nitrogens is 3. The molecule has 0 bridgehead atoms. The summed E-state index contributed by atoms with van der Waals surface area (Å²) >= 11 is 6.28. The summed E-state index contributed by atoms with van der Waals surface area (Å²) in [5.74, 6) is -0.0420. The molecule has 0 unspecified atom stereocenters. The average Bonchev–Trinajstić information content (AvgIpc) is 3.17. The molecule has 0 aliphatic rings. The number of nitrogens with one attached hydrogen (secondary N) is 1. The fourth-order valence-electron chi connectivity index (χ4n) is 3.15. The first kappa shape index (κ1) is 22.6. The predicted molar refractivity (Wildman–Crippen MR) is 121 cm³/mol. The van der Waals surface area contributed by atoms with Crippen molar-refractivity contribution in [2.75, 3.05) is 25.0 Å². The van der Waals surface area contributed by atoms with E-state index in [1.165, 1.54) is 6.20 Å². The van der Waals surface area contributed by atoms with E-state index in [4.69, 9.17) is 16.3 Å². The van der Waals surface area contributed by atoms with E-state index >= 15 is 0 Å². The number of halogens is 1. The molecule has 2 aromatic heterocycles. The summed E-state index contributed by atoms with van der Waals surface area (Å²) in [6, 6.07) is 6.81. The van der Waals surface area contributed by atoms with Crippen molar-refractivity contribution in [3.63, 3.8) is 0 Å². The summed E-state index contributed by atoms with van der Waals surface area (Å²) in [5.41, 5.74) is 1.66. The van der Waals surface area contributed by atoms with E-state index in [1.807, 2.05) is 27.7 Å².